The maximum atomic E-state index is 11.8. The molecule has 5 heteroatoms. The van der Waals surface area contributed by atoms with Crippen molar-refractivity contribution in [2.24, 2.45) is 0 Å². The molecule has 2 aromatic rings. The minimum atomic E-state index is -0.203. The zero-order valence-corrected chi connectivity index (χ0v) is 12.2. The predicted molar refractivity (Wildman–Crippen MR) is 77.8 cm³/mol. The topological polar surface area (TPSA) is 72.2 Å². The van der Waals surface area contributed by atoms with Gasteiger partial charge in [-0.25, -0.2) is 0 Å². The van der Waals surface area contributed by atoms with E-state index < -0.39 is 0 Å². The van der Waals surface area contributed by atoms with Gasteiger partial charge in [-0.05, 0) is 19.4 Å². The van der Waals surface area contributed by atoms with Gasteiger partial charge in [0.25, 0.3) is 0 Å². The van der Waals surface area contributed by atoms with E-state index in [1.807, 2.05) is 30.3 Å². The standard InChI is InChI=1S/C16H18N2O3/c1-11-15(12(2)21-18-11)9-16(20)17-10-14(19)8-13-6-4-3-5-7-13/h3-7H,8-10H2,1-2H3,(H,17,20). The molecule has 0 bridgehead atoms. The Kier molecular flexibility index (Phi) is 4.87. The third-order valence-corrected chi connectivity index (χ3v) is 3.25. The molecule has 0 unspecified atom stereocenters. The summed E-state index contributed by atoms with van der Waals surface area (Å²) in [4.78, 5) is 23.6. The lowest BCUT2D eigenvalue weighted by atomic mass is 10.1. The van der Waals surface area contributed by atoms with Crippen LogP contribution in [0.25, 0.3) is 0 Å². The quantitative estimate of drug-likeness (QED) is 0.878. The summed E-state index contributed by atoms with van der Waals surface area (Å²) in [5.74, 6) is 0.414. The Bertz CT molecular complexity index is 613. The molecule has 110 valence electrons. The van der Waals surface area contributed by atoms with E-state index in [0.717, 1.165) is 11.1 Å². The number of ketones is 1. The number of aromatic nitrogens is 1. The first-order chi connectivity index (χ1) is 10.1. The van der Waals surface area contributed by atoms with Gasteiger partial charge in [-0.3, -0.25) is 9.59 Å². The molecule has 21 heavy (non-hydrogen) atoms. The first kappa shape index (κ1) is 15.0. The maximum Gasteiger partial charge on any atom is 0.224 e. The van der Waals surface area contributed by atoms with Crippen LogP contribution in [0.1, 0.15) is 22.6 Å². The van der Waals surface area contributed by atoms with Crippen LogP contribution in [-0.2, 0) is 22.4 Å². The first-order valence-corrected chi connectivity index (χ1v) is 6.80. The van der Waals surface area contributed by atoms with Crippen LogP contribution >= 0.6 is 0 Å². The molecular formula is C16H18N2O3. The van der Waals surface area contributed by atoms with E-state index in [4.69, 9.17) is 4.52 Å². The Labute approximate surface area is 123 Å². The summed E-state index contributed by atoms with van der Waals surface area (Å²) in [6.45, 7) is 3.60. The molecule has 1 N–H and O–H groups in total. The highest BCUT2D eigenvalue weighted by atomic mass is 16.5. The van der Waals surface area contributed by atoms with Crippen LogP contribution < -0.4 is 5.32 Å². The first-order valence-electron chi connectivity index (χ1n) is 6.80. The molecule has 1 heterocycles. The van der Waals surface area contributed by atoms with Crippen LogP contribution in [-0.4, -0.2) is 23.4 Å². The van der Waals surface area contributed by atoms with E-state index in [2.05, 4.69) is 10.5 Å². The van der Waals surface area contributed by atoms with Gasteiger partial charge in [0.2, 0.25) is 5.91 Å². The van der Waals surface area contributed by atoms with E-state index in [1.54, 1.807) is 13.8 Å². The molecule has 0 atom stereocenters. The molecular weight excluding hydrogens is 268 g/mol. The van der Waals surface area contributed by atoms with Crippen molar-refractivity contribution in [1.82, 2.24) is 10.5 Å². The molecule has 0 saturated carbocycles. The fourth-order valence-corrected chi connectivity index (χ4v) is 2.06. The lowest BCUT2D eigenvalue weighted by molar-refractivity contribution is -0.124. The van der Waals surface area contributed by atoms with Gasteiger partial charge < -0.3 is 9.84 Å². The monoisotopic (exact) mass is 286 g/mol. The smallest absolute Gasteiger partial charge is 0.224 e. The normalized spacial score (nSPS) is 10.4. The molecule has 2 rings (SSSR count). The molecule has 0 saturated heterocycles. The molecule has 0 aliphatic heterocycles. The number of benzene rings is 1. The summed E-state index contributed by atoms with van der Waals surface area (Å²) in [6.07, 6.45) is 0.506. The Morgan fingerprint density at radius 1 is 1.14 bits per heavy atom. The van der Waals surface area contributed by atoms with Gasteiger partial charge in [-0.1, -0.05) is 35.5 Å². The highest BCUT2D eigenvalue weighted by molar-refractivity contribution is 5.88. The number of aryl methyl sites for hydroxylation is 2. The maximum absolute atomic E-state index is 11.8. The van der Waals surface area contributed by atoms with Crippen molar-refractivity contribution < 1.29 is 14.1 Å². The van der Waals surface area contributed by atoms with Crippen molar-refractivity contribution in [2.75, 3.05) is 6.54 Å². The highest BCUT2D eigenvalue weighted by Crippen LogP contribution is 2.12. The number of hydrogen-bond acceptors (Lipinski definition) is 4. The third-order valence-electron chi connectivity index (χ3n) is 3.25. The van der Waals surface area contributed by atoms with Gasteiger partial charge in [0.1, 0.15) is 5.76 Å². The number of hydrogen-bond donors (Lipinski definition) is 1. The van der Waals surface area contributed by atoms with E-state index >= 15 is 0 Å². The van der Waals surface area contributed by atoms with Crippen LogP contribution in [0, 0.1) is 13.8 Å². The van der Waals surface area contributed by atoms with Crippen LogP contribution in [0.3, 0.4) is 0 Å². The molecule has 5 nitrogen and oxygen atoms in total. The van der Waals surface area contributed by atoms with Crippen molar-refractivity contribution in [1.29, 1.82) is 0 Å². The molecule has 0 radical (unpaired) electrons. The molecule has 0 aliphatic carbocycles. The predicted octanol–water partition coefficient (Wildman–Crippen LogP) is 1.76. The average Bonchev–Trinajstić information content (AvgIpc) is 2.78. The van der Waals surface area contributed by atoms with Gasteiger partial charge in [-0.2, -0.15) is 0 Å². The summed E-state index contributed by atoms with van der Waals surface area (Å²) in [7, 11) is 0. The number of nitrogens with zero attached hydrogens (tertiary/aromatic N) is 1. The fraction of sp³-hybridized carbons (Fsp3) is 0.312. The van der Waals surface area contributed by atoms with Crippen molar-refractivity contribution in [2.45, 2.75) is 26.7 Å². The van der Waals surface area contributed by atoms with Crippen LogP contribution in [0.15, 0.2) is 34.9 Å². The SMILES string of the molecule is Cc1noc(C)c1CC(=O)NCC(=O)Cc1ccccc1. The number of Topliss-reactive ketones (excluding diaryl/α,β-unsaturated/α-hetero) is 1. The van der Waals surface area contributed by atoms with Crippen molar-refractivity contribution >= 4 is 11.7 Å². The van der Waals surface area contributed by atoms with E-state index in [-0.39, 0.29) is 24.7 Å². The lowest BCUT2D eigenvalue weighted by Crippen LogP contribution is -2.31. The van der Waals surface area contributed by atoms with Crippen molar-refractivity contribution in [3.8, 4) is 0 Å². The average molecular weight is 286 g/mol. The van der Waals surface area contributed by atoms with Gasteiger partial charge >= 0.3 is 0 Å². The fourth-order valence-electron chi connectivity index (χ4n) is 2.06. The second-order valence-corrected chi connectivity index (χ2v) is 4.96. The Hall–Kier alpha value is -2.43. The summed E-state index contributed by atoms with van der Waals surface area (Å²) in [6, 6.07) is 9.46. The Morgan fingerprint density at radius 3 is 2.48 bits per heavy atom. The van der Waals surface area contributed by atoms with Crippen LogP contribution in [0.5, 0.6) is 0 Å². The van der Waals surface area contributed by atoms with E-state index in [1.165, 1.54) is 0 Å². The van der Waals surface area contributed by atoms with Crippen LogP contribution in [0.2, 0.25) is 0 Å². The highest BCUT2D eigenvalue weighted by Gasteiger charge is 2.14. The number of carbonyl (C=O) groups excluding carboxylic acids is 2. The number of carbonyl (C=O) groups is 2. The number of rotatable bonds is 6. The minimum absolute atomic E-state index is 0.0201. The second-order valence-electron chi connectivity index (χ2n) is 4.96. The largest absolute Gasteiger partial charge is 0.361 e. The molecule has 0 fully saturated rings. The molecule has 0 spiro atoms. The zero-order chi connectivity index (χ0) is 15.2. The molecule has 1 aromatic carbocycles. The van der Waals surface area contributed by atoms with E-state index in [0.29, 0.717) is 17.9 Å². The third kappa shape index (κ3) is 4.27. The minimum Gasteiger partial charge on any atom is -0.361 e. The summed E-state index contributed by atoms with van der Waals surface area (Å²) < 4.78 is 5.00. The van der Waals surface area contributed by atoms with Gasteiger partial charge in [0, 0.05) is 12.0 Å². The Morgan fingerprint density at radius 2 is 1.86 bits per heavy atom. The Balaban J connectivity index is 1.80. The van der Waals surface area contributed by atoms with Crippen molar-refractivity contribution in [3.63, 3.8) is 0 Å². The summed E-state index contributed by atoms with van der Waals surface area (Å²) >= 11 is 0. The van der Waals surface area contributed by atoms with Crippen LogP contribution in [0.4, 0.5) is 0 Å². The molecule has 0 aliphatic rings. The van der Waals surface area contributed by atoms with Gasteiger partial charge in [0.15, 0.2) is 5.78 Å². The van der Waals surface area contributed by atoms with E-state index in [9.17, 15) is 9.59 Å². The van der Waals surface area contributed by atoms with Gasteiger partial charge in [0.05, 0.1) is 18.7 Å². The number of nitrogens with one attached hydrogen (secondary N) is 1. The molecule has 1 amide bonds. The lowest BCUT2D eigenvalue weighted by Gasteiger charge is -2.05. The zero-order valence-electron chi connectivity index (χ0n) is 12.2. The van der Waals surface area contributed by atoms with Crippen molar-refractivity contribution in [3.05, 3.63) is 52.9 Å². The number of amides is 1. The van der Waals surface area contributed by atoms with Gasteiger partial charge in [-0.15, -0.1) is 0 Å². The molecule has 1 aromatic heterocycles. The summed E-state index contributed by atoms with van der Waals surface area (Å²) in [5.41, 5.74) is 2.43. The second kappa shape index (κ2) is 6.83. The summed E-state index contributed by atoms with van der Waals surface area (Å²) in [5, 5.41) is 6.44.